The van der Waals surface area contributed by atoms with Crippen molar-refractivity contribution in [2.75, 3.05) is 26.2 Å². The Kier molecular flexibility index (Phi) is 5.65. The van der Waals surface area contributed by atoms with Crippen molar-refractivity contribution in [3.8, 4) is 11.5 Å². The molecule has 134 valence electrons. The van der Waals surface area contributed by atoms with Crippen molar-refractivity contribution in [3.63, 3.8) is 0 Å². The molecule has 1 saturated heterocycles. The number of carbonyl (C=O) groups is 1. The predicted octanol–water partition coefficient (Wildman–Crippen LogP) is 2.08. The first kappa shape index (κ1) is 17.8. The molecule has 2 aliphatic rings. The molecule has 1 aromatic carbocycles. The van der Waals surface area contributed by atoms with Crippen molar-refractivity contribution >= 4 is 13.1 Å². The van der Waals surface area contributed by atoms with Gasteiger partial charge in [0.1, 0.15) is 17.1 Å². The van der Waals surface area contributed by atoms with Crippen LogP contribution < -0.4 is 9.39 Å². The number of rotatable bonds is 7. The first-order chi connectivity index (χ1) is 12.0. The number of carboxylic acid groups (broad SMARTS) is 1. The van der Waals surface area contributed by atoms with Crippen LogP contribution in [0.25, 0.3) is 0 Å². The van der Waals surface area contributed by atoms with Crippen LogP contribution in [-0.4, -0.2) is 54.4 Å². The second-order valence-electron chi connectivity index (χ2n) is 6.71. The summed E-state index contributed by atoms with van der Waals surface area (Å²) in [5.41, 5.74) is 0.783. The van der Waals surface area contributed by atoms with Crippen LogP contribution in [0.3, 0.4) is 0 Å². The van der Waals surface area contributed by atoms with Crippen LogP contribution in [0.15, 0.2) is 24.3 Å². The Morgan fingerprint density at radius 2 is 2.28 bits per heavy atom. The van der Waals surface area contributed by atoms with Crippen LogP contribution >= 0.6 is 0 Å². The normalized spacial score (nSPS) is 18.4. The fourth-order valence-electron chi connectivity index (χ4n) is 3.02. The SMILES string of the molecule is CC(/C=C/CN1CCC1)COc1ccc2c(c1C(=O)O)OB(O)CC2. The quantitative estimate of drug-likeness (QED) is 0.582. The molecule has 0 aliphatic carbocycles. The summed E-state index contributed by atoms with van der Waals surface area (Å²) in [5.74, 6) is -0.430. The molecule has 0 saturated carbocycles. The lowest BCUT2D eigenvalue weighted by Gasteiger charge is -2.29. The first-order valence-electron chi connectivity index (χ1n) is 8.80. The third-order valence-corrected chi connectivity index (χ3v) is 4.61. The second-order valence-corrected chi connectivity index (χ2v) is 6.71. The van der Waals surface area contributed by atoms with E-state index in [1.807, 2.05) is 13.0 Å². The van der Waals surface area contributed by atoms with Crippen molar-refractivity contribution in [2.24, 2.45) is 5.92 Å². The van der Waals surface area contributed by atoms with E-state index in [0.717, 1.165) is 25.2 Å². The Balaban J connectivity index is 1.65. The Bertz CT molecular complexity index is 659. The van der Waals surface area contributed by atoms with Crippen molar-refractivity contribution < 1.29 is 24.3 Å². The number of hydrogen-bond acceptors (Lipinski definition) is 5. The van der Waals surface area contributed by atoms with Gasteiger partial charge < -0.3 is 19.5 Å². The highest BCUT2D eigenvalue weighted by molar-refractivity contribution is 6.44. The predicted molar refractivity (Wildman–Crippen MR) is 95.4 cm³/mol. The van der Waals surface area contributed by atoms with Gasteiger partial charge in [0.15, 0.2) is 0 Å². The summed E-state index contributed by atoms with van der Waals surface area (Å²) in [5, 5.41) is 19.2. The van der Waals surface area contributed by atoms with Gasteiger partial charge in [-0.05, 0) is 43.9 Å². The fourth-order valence-corrected chi connectivity index (χ4v) is 3.02. The number of likely N-dealkylation sites (tertiary alicyclic amines) is 1. The summed E-state index contributed by atoms with van der Waals surface area (Å²) >= 11 is 0. The smallest absolute Gasteiger partial charge is 0.522 e. The third kappa shape index (κ3) is 4.35. The van der Waals surface area contributed by atoms with Gasteiger partial charge in [0.2, 0.25) is 0 Å². The second kappa shape index (κ2) is 7.93. The van der Waals surface area contributed by atoms with Gasteiger partial charge in [0, 0.05) is 12.5 Å². The Labute approximate surface area is 148 Å². The van der Waals surface area contributed by atoms with E-state index in [1.165, 1.54) is 6.42 Å². The molecule has 0 spiro atoms. The van der Waals surface area contributed by atoms with Crippen LogP contribution in [0.4, 0.5) is 0 Å². The third-order valence-electron chi connectivity index (χ3n) is 4.61. The first-order valence-corrected chi connectivity index (χ1v) is 8.80. The zero-order chi connectivity index (χ0) is 17.8. The number of nitrogens with zero attached hydrogens (tertiary/aromatic N) is 1. The maximum absolute atomic E-state index is 11.7. The number of hydrogen-bond donors (Lipinski definition) is 2. The molecule has 0 amide bonds. The number of carboxylic acids is 1. The molecule has 3 rings (SSSR count). The van der Waals surface area contributed by atoms with E-state index in [0.29, 0.717) is 19.3 Å². The maximum Gasteiger partial charge on any atom is 0.522 e. The Morgan fingerprint density at radius 1 is 1.48 bits per heavy atom. The van der Waals surface area contributed by atoms with Gasteiger partial charge in [-0.25, -0.2) is 4.79 Å². The van der Waals surface area contributed by atoms with Gasteiger partial charge in [0.25, 0.3) is 0 Å². The highest BCUT2D eigenvalue weighted by Crippen LogP contribution is 2.36. The summed E-state index contributed by atoms with van der Waals surface area (Å²) in [6.07, 6.45) is 6.56. The number of ether oxygens (including phenoxy) is 1. The molecule has 2 aliphatic heterocycles. The lowest BCUT2D eigenvalue weighted by Crippen LogP contribution is -2.36. The maximum atomic E-state index is 11.7. The largest absolute Gasteiger partial charge is 0.535 e. The number of aryl methyl sites for hydroxylation is 1. The van der Waals surface area contributed by atoms with Gasteiger partial charge in [0.05, 0.1) is 6.61 Å². The van der Waals surface area contributed by atoms with Crippen molar-refractivity contribution in [3.05, 3.63) is 35.4 Å². The average molecular weight is 345 g/mol. The van der Waals surface area contributed by atoms with E-state index < -0.39 is 13.1 Å². The molecule has 0 bridgehead atoms. The molecule has 1 atom stereocenters. The minimum atomic E-state index is -1.11. The topological polar surface area (TPSA) is 79.2 Å². The molecule has 1 unspecified atom stereocenters. The molecular formula is C18H24BNO5. The summed E-state index contributed by atoms with van der Waals surface area (Å²) < 4.78 is 11.1. The number of fused-ring (bicyclic) bond motifs is 1. The number of aromatic carboxylic acids is 1. The van der Waals surface area contributed by atoms with E-state index in [-0.39, 0.29) is 23.0 Å². The summed E-state index contributed by atoms with van der Waals surface area (Å²) in [6.45, 7) is 5.70. The zero-order valence-electron chi connectivity index (χ0n) is 14.5. The van der Waals surface area contributed by atoms with Gasteiger partial charge in [-0.1, -0.05) is 25.1 Å². The van der Waals surface area contributed by atoms with Crippen LogP contribution in [0.2, 0.25) is 6.32 Å². The van der Waals surface area contributed by atoms with E-state index in [4.69, 9.17) is 9.39 Å². The van der Waals surface area contributed by atoms with Crippen LogP contribution in [0.1, 0.15) is 29.3 Å². The van der Waals surface area contributed by atoms with Crippen molar-refractivity contribution in [2.45, 2.75) is 26.1 Å². The molecular weight excluding hydrogens is 321 g/mol. The molecule has 1 fully saturated rings. The standard InChI is InChI=1S/C18H24BNO5/c1-13(4-2-9-20-10-3-11-20)12-24-15-6-5-14-7-8-19(23)25-17(14)16(15)18(21)22/h2,4-6,13,23H,3,7-12H2,1H3,(H,21,22)/b4-2+. The summed E-state index contributed by atoms with van der Waals surface area (Å²) in [6, 6.07) is 3.49. The number of benzene rings is 1. The molecule has 0 radical (unpaired) electrons. The highest BCUT2D eigenvalue weighted by atomic mass is 16.5. The van der Waals surface area contributed by atoms with E-state index >= 15 is 0 Å². The molecule has 0 aromatic heterocycles. The van der Waals surface area contributed by atoms with Crippen LogP contribution in [-0.2, 0) is 6.42 Å². The Hall–Kier alpha value is -1.99. The average Bonchev–Trinajstić information content (AvgIpc) is 2.54. The summed E-state index contributed by atoms with van der Waals surface area (Å²) in [4.78, 5) is 14.0. The van der Waals surface area contributed by atoms with Gasteiger partial charge in [-0.3, -0.25) is 4.90 Å². The van der Waals surface area contributed by atoms with E-state index in [2.05, 4.69) is 17.1 Å². The minimum Gasteiger partial charge on any atom is -0.535 e. The lowest BCUT2D eigenvalue weighted by molar-refractivity contribution is 0.0689. The summed E-state index contributed by atoms with van der Waals surface area (Å²) in [7, 11) is -0.968. The zero-order valence-corrected chi connectivity index (χ0v) is 14.5. The Morgan fingerprint density at radius 3 is 2.96 bits per heavy atom. The molecule has 25 heavy (non-hydrogen) atoms. The van der Waals surface area contributed by atoms with Gasteiger partial charge in [-0.2, -0.15) is 0 Å². The van der Waals surface area contributed by atoms with E-state index in [9.17, 15) is 14.9 Å². The molecule has 1 aromatic rings. The van der Waals surface area contributed by atoms with Crippen LogP contribution in [0.5, 0.6) is 11.5 Å². The van der Waals surface area contributed by atoms with Crippen LogP contribution in [0, 0.1) is 5.92 Å². The van der Waals surface area contributed by atoms with Crippen molar-refractivity contribution in [1.82, 2.24) is 4.90 Å². The van der Waals surface area contributed by atoms with Gasteiger partial charge >= 0.3 is 13.1 Å². The van der Waals surface area contributed by atoms with Crippen molar-refractivity contribution in [1.29, 1.82) is 0 Å². The van der Waals surface area contributed by atoms with E-state index in [1.54, 1.807) is 6.07 Å². The van der Waals surface area contributed by atoms with Gasteiger partial charge in [-0.15, -0.1) is 0 Å². The molecule has 2 N–H and O–H groups in total. The molecule has 7 heteroatoms. The fraction of sp³-hybridized carbons (Fsp3) is 0.500. The highest BCUT2D eigenvalue weighted by Gasteiger charge is 2.30. The molecule has 6 nitrogen and oxygen atoms in total. The lowest BCUT2D eigenvalue weighted by atomic mass is 9.78. The minimum absolute atomic E-state index is 0.00647. The monoisotopic (exact) mass is 345 g/mol. The molecule has 2 heterocycles.